The maximum atomic E-state index is 12.0. The Labute approximate surface area is 118 Å². The highest BCUT2D eigenvalue weighted by Crippen LogP contribution is 2.26. The predicted molar refractivity (Wildman–Crippen MR) is 74.2 cm³/mol. The highest BCUT2D eigenvalue weighted by Gasteiger charge is 2.29. The average Bonchev–Trinajstić information content (AvgIpc) is 3.03. The number of aromatic nitrogens is 2. The van der Waals surface area contributed by atoms with Crippen molar-refractivity contribution in [2.24, 2.45) is 0 Å². The SMILES string of the molecule is CC(C)(C)OC(=O)N1Cc2cnc(NC3CC3)nc2C1. The third kappa shape index (κ3) is 3.00. The average molecular weight is 276 g/mol. The maximum absolute atomic E-state index is 12.0. The molecule has 0 bridgehead atoms. The van der Waals surface area contributed by atoms with E-state index in [1.54, 1.807) is 11.1 Å². The summed E-state index contributed by atoms with van der Waals surface area (Å²) in [6.45, 7) is 6.61. The van der Waals surface area contributed by atoms with Crippen molar-refractivity contribution < 1.29 is 9.53 Å². The number of nitrogens with one attached hydrogen (secondary N) is 1. The number of nitrogens with zero attached hydrogens (tertiary/aromatic N) is 3. The molecule has 0 saturated heterocycles. The smallest absolute Gasteiger partial charge is 0.410 e. The summed E-state index contributed by atoms with van der Waals surface area (Å²) in [5.41, 5.74) is 1.43. The van der Waals surface area contributed by atoms with Crippen LogP contribution in [0.4, 0.5) is 10.7 Å². The van der Waals surface area contributed by atoms with Gasteiger partial charge in [-0.15, -0.1) is 0 Å². The van der Waals surface area contributed by atoms with Crippen LogP contribution in [-0.4, -0.2) is 32.6 Å². The van der Waals surface area contributed by atoms with Gasteiger partial charge < -0.3 is 10.1 Å². The van der Waals surface area contributed by atoms with Crippen molar-refractivity contribution in [3.05, 3.63) is 17.5 Å². The third-order valence-electron chi connectivity index (χ3n) is 3.22. The van der Waals surface area contributed by atoms with Gasteiger partial charge in [-0.2, -0.15) is 0 Å². The molecule has 1 amide bonds. The van der Waals surface area contributed by atoms with Crippen molar-refractivity contribution in [3.63, 3.8) is 0 Å². The van der Waals surface area contributed by atoms with Crippen LogP contribution in [0.25, 0.3) is 0 Å². The molecule has 1 aromatic heterocycles. The minimum atomic E-state index is -0.476. The van der Waals surface area contributed by atoms with E-state index in [1.165, 1.54) is 12.8 Å². The van der Waals surface area contributed by atoms with Crippen LogP contribution in [0.1, 0.15) is 44.9 Å². The fourth-order valence-corrected chi connectivity index (χ4v) is 2.09. The number of ether oxygens (including phenoxy) is 1. The minimum Gasteiger partial charge on any atom is -0.444 e. The molecule has 20 heavy (non-hydrogen) atoms. The summed E-state index contributed by atoms with van der Waals surface area (Å²) in [5.74, 6) is 0.664. The fourth-order valence-electron chi connectivity index (χ4n) is 2.09. The minimum absolute atomic E-state index is 0.299. The first-order valence-corrected chi connectivity index (χ1v) is 7.00. The van der Waals surface area contributed by atoms with E-state index in [0.29, 0.717) is 25.1 Å². The van der Waals surface area contributed by atoms with Gasteiger partial charge in [0, 0.05) is 17.8 Å². The summed E-state index contributed by atoms with van der Waals surface area (Å²) in [4.78, 5) is 22.5. The Hall–Kier alpha value is -1.85. The van der Waals surface area contributed by atoms with Gasteiger partial charge in [0.2, 0.25) is 5.95 Å². The van der Waals surface area contributed by atoms with E-state index in [4.69, 9.17) is 4.74 Å². The Balaban J connectivity index is 1.66. The maximum Gasteiger partial charge on any atom is 0.410 e. The molecule has 108 valence electrons. The van der Waals surface area contributed by atoms with Gasteiger partial charge in [0.05, 0.1) is 18.8 Å². The summed E-state index contributed by atoms with van der Waals surface area (Å²) in [7, 11) is 0. The van der Waals surface area contributed by atoms with E-state index in [9.17, 15) is 4.79 Å². The van der Waals surface area contributed by atoms with Crippen molar-refractivity contribution in [1.82, 2.24) is 14.9 Å². The third-order valence-corrected chi connectivity index (χ3v) is 3.22. The molecule has 1 saturated carbocycles. The predicted octanol–water partition coefficient (Wildman–Crippen LogP) is 2.30. The molecule has 0 aromatic carbocycles. The van der Waals surface area contributed by atoms with Crippen molar-refractivity contribution in [2.45, 2.75) is 58.3 Å². The first kappa shape index (κ1) is 13.1. The molecule has 0 unspecified atom stereocenters. The Morgan fingerprint density at radius 2 is 2.15 bits per heavy atom. The summed E-state index contributed by atoms with van der Waals surface area (Å²) < 4.78 is 5.38. The van der Waals surface area contributed by atoms with Gasteiger partial charge in [-0.05, 0) is 33.6 Å². The van der Waals surface area contributed by atoms with Crippen molar-refractivity contribution in [3.8, 4) is 0 Å². The van der Waals surface area contributed by atoms with Gasteiger partial charge in [-0.25, -0.2) is 14.8 Å². The van der Waals surface area contributed by atoms with Crippen LogP contribution in [0.2, 0.25) is 0 Å². The number of hydrogen-bond acceptors (Lipinski definition) is 5. The second-order valence-corrected chi connectivity index (χ2v) is 6.42. The number of anilines is 1. The van der Waals surface area contributed by atoms with E-state index in [1.807, 2.05) is 20.8 Å². The molecule has 6 nitrogen and oxygen atoms in total. The van der Waals surface area contributed by atoms with Gasteiger partial charge in [0.25, 0.3) is 0 Å². The van der Waals surface area contributed by atoms with Crippen molar-refractivity contribution in [2.75, 3.05) is 5.32 Å². The first-order chi connectivity index (χ1) is 9.40. The molecule has 3 rings (SSSR count). The lowest BCUT2D eigenvalue weighted by Crippen LogP contribution is -2.33. The molecule has 1 N–H and O–H groups in total. The van der Waals surface area contributed by atoms with E-state index in [0.717, 1.165) is 11.3 Å². The quantitative estimate of drug-likeness (QED) is 0.897. The molecule has 1 aromatic rings. The van der Waals surface area contributed by atoms with Crippen LogP contribution in [0, 0.1) is 0 Å². The number of rotatable bonds is 2. The summed E-state index contributed by atoms with van der Waals surface area (Å²) in [6.07, 6.45) is 3.87. The lowest BCUT2D eigenvalue weighted by atomic mass is 10.2. The van der Waals surface area contributed by atoms with Crippen LogP contribution in [0.3, 0.4) is 0 Å². The van der Waals surface area contributed by atoms with E-state index in [2.05, 4.69) is 15.3 Å². The highest BCUT2D eigenvalue weighted by molar-refractivity contribution is 5.69. The Bertz CT molecular complexity index is 534. The molecule has 0 atom stereocenters. The number of hydrogen-bond donors (Lipinski definition) is 1. The first-order valence-electron chi connectivity index (χ1n) is 7.00. The van der Waals surface area contributed by atoms with Crippen LogP contribution >= 0.6 is 0 Å². The van der Waals surface area contributed by atoms with E-state index < -0.39 is 5.60 Å². The molecular weight excluding hydrogens is 256 g/mol. The molecule has 2 heterocycles. The second-order valence-electron chi connectivity index (χ2n) is 6.42. The number of amides is 1. The van der Waals surface area contributed by atoms with Gasteiger partial charge in [0.15, 0.2) is 0 Å². The largest absolute Gasteiger partial charge is 0.444 e. The lowest BCUT2D eigenvalue weighted by Gasteiger charge is -2.23. The molecule has 6 heteroatoms. The molecule has 1 aliphatic heterocycles. The van der Waals surface area contributed by atoms with Crippen molar-refractivity contribution >= 4 is 12.0 Å². The Morgan fingerprint density at radius 3 is 2.80 bits per heavy atom. The summed E-state index contributed by atoms with van der Waals surface area (Å²) in [6, 6.07) is 0.524. The summed E-state index contributed by atoms with van der Waals surface area (Å²) in [5, 5.41) is 3.27. The van der Waals surface area contributed by atoms with Crippen molar-refractivity contribution in [1.29, 1.82) is 0 Å². The fraction of sp³-hybridized carbons (Fsp3) is 0.643. The van der Waals surface area contributed by atoms with Crippen LogP contribution in [0.5, 0.6) is 0 Å². The monoisotopic (exact) mass is 276 g/mol. The molecule has 0 radical (unpaired) electrons. The van der Waals surface area contributed by atoms with Gasteiger partial charge in [-0.3, -0.25) is 4.90 Å². The Kier molecular flexibility index (Phi) is 3.03. The topological polar surface area (TPSA) is 67.3 Å². The van der Waals surface area contributed by atoms with Gasteiger partial charge in [-0.1, -0.05) is 0 Å². The normalized spacial score (nSPS) is 17.9. The Morgan fingerprint density at radius 1 is 1.40 bits per heavy atom. The molecule has 2 aliphatic rings. The van der Waals surface area contributed by atoms with Crippen LogP contribution in [-0.2, 0) is 17.8 Å². The van der Waals surface area contributed by atoms with Gasteiger partial charge >= 0.3 is 6.09 Å². The molecular formula is C14H20N4O2. The zero-order valence-corrected chi connectivity index (χ0v) is 12.1. The highest BCUT2D eigenvalue weighted by atomic mass is 16.6. The molecule has 0 spiro atoms. The molecule has 1 fully saturated rings. The number of carbonyl (C=O) groups is 1. The standard InChI is InChI=1S/C14H20N4O2/c1-14(2,3)20-13(19)18-7-9-6-15-12(16-10-4-5-10)17-11(9)8-18/h6,10H,4-5,7-8H2,1-3H3,(H,15,16,17). The zero-order valence-electron chi connectivity index (χ0n) is 12.1. The number of carbonyl (C=O) groups excluding carboxylic acids is 1. The van der Waals surface area contributed by atoms with Gasteiger partial charge in [0.1, 0.15) is 5.60 Å². The van der Waals surface area contributed by atoms with Crippen LogP contribution in [0.15, 0.2) is 6.20 Å². The van der Waals surface area contributed by atoms with E-state index >= 15 is 0 Å². The number of fused-ring (bicyclic) bond motifs is 1. The lowest BCUT2D eigenvalue weighted by molar-refractivity contribution is 0.0240. The van der Waals surface area contributed by atoms with Crippen LogP contribution < -0.4 is 5.32 Å². The molecule has 1 aliphatic carbocycles. The summed E-state index contributed by atoms with van der Waals surface area (Å²) >= 11 is 0. The second kappa shape index (κ2) is 4.61. The zero-order chi connectivity index (χ0) is 14.3. The van der Waals surface area contributed by atoms with E-state index in [-0.39, 0.29) is 6.09 Å².